The fraction of sp³-hybridized carbons (Fsp3) is 0.800. The number of methoxy groups -OCH3 is 1. The van der Waals surface area contributed by atoms with Gasteiger partial charge in [-0.25, -0.2) is 0 Å². The molecule has 1 aliphatic carbocycles. The van der Waals surface area contributed by atoms with Crippen LogP contribution < -0.4 is 4.74 Å². The summed E-state index contributed by atoms with van der Waals surface area (Å²) in [5, 5.41) is 15.3. The predicted octanol–water partition coefficient (Wildman–Crippen LogP) is 2.12. The van der Waals surface area contributed by atoms with Crippen molar-refractivity contribution < 1.29 is 9.84 Å². The van der Waals surface area contributed by atoms with Gasteiger partial charge in [-0.2, -0.15) is 5.10 Å². The molecule has 1 heterocycles. The van der Waals surface area contributed by atoms with Crippen molar-refractivity contribution in [3.05, 3.63) is 11.9 Å². The SMILES string of the molecule is COc1cnn(C)c1C(O)C1(N(C)C)CCCCCC1. The van der Waals surface area contributed by atoms with E-state index in [1.165, 1.54) is 12.8 Å². The molecule has 1 N–H and O–H groups in total. The van der Waals surface area contributed by atoms with Crippen LogP contribution in [0.1, 0.15) is 50.3 Å². The average molecular weight is 281 g/mol. The number of aromatic nitrogens is 2. The van der Waals surface area contributed by atoms with Gasteiger partial charge >= 0.3 is 0 Å². The lowest BCUT2D eigenvalue weighted by atomic mass is 9.81. The van der Waals surface area contributed by atoms with Crippen LogP contribution in [0.25, 0.3) is 0 Å². The van der Waals surface area contributed by atoms with E-state index < -0.39 is 6.10 Å². The lowest BCUT2D eigenvalue weighted by Crippen LogP contribution is -2.49. The van der Waals surface area contributed by atoms with Gasteiger partial charge < -0.3 is 14.7 Å². The maximum atomic E-state index is 11.1. The highest BCUT2D eigenvalue weighted by Crippen LogP contribution is 2.43. The lowest BCUT2D eigenvalue weighted by Gasteiger charge is -2.43. The number of ether oxygens (including phenoxy) is 1. The van der Waals surface area contributed by atoms with E-state index in [0.717, 1.165) is 31.4 Å². The standard InChI is InChI=1S/C15H27N3O2/c1-17(2)15(9-7-5-6-8-10-15)14(19)13-12(20-4)11-16-18(13)3/h11,14,19H,5-10H2,1-4H3. The van der Waals surface area contributed by atoms with Gasteiger partial charge in [0.1, 0.15) is 11.8 Å². The molecule has 0 amide bonds. The molecule has 0 saturated heterocycles. The minimum Gasteiger partial charge on any atom is -0.493 e. The maximum Gasteiger partial charge on any atom is 0.162 e. The van der Waals surface area contributed by atoms with Gasteiger partial charge in [0.15, 0.2) is 5.75 Å². The van der Waals surface area contributed by atoms with Crippen LogP contribution in [-0.4, -0.2) is 46.5 Å². The Balaban J connectivity index is 2.40. The average Bonchev–Trinajstić information content (AvgIpc) is 2.65. The minimum atomic E-state index is -0.585. The van der Waals surface area contributed by atoms with Crippen LogP contribution in [0, 0.1) is 0 Å². The van der Waals surface area contributed by atoms with Crippen LogP contribution in [-0.2, 0) is 7.05 Å². The van der Waals surface area contributed by atoms with Crippen molar-refractivity contribution >= 4 is 0 Å². The van der Waals surface area contributed by atoms with Crippen molar-refractivity contribution in [3.63, 3.8) is 0 Å². The molecule has 0 spiro atoms. The van der Waals surface area contributed by atoms with Crippen LogP contribution in [0.2, 0.25) is 0 Å². The van der Waals surface area contributed by atoms with Crippen LogP contribution in [0.5, 0.6) is 5.75 Å². The van der Waals surface area contributed by atoms with Gasteiger partial charge in [-0.15, -0.1) is 0 Å². The molecule has 0 aromatic carbocycles. The van der Waals surface area contributed by atoms with Crippen molar-refractivity contribution in [2.24, 2.45) is 7.05 Å². The largest absolute Gasteiger partial charge is 0.493 e. The summed E-state index contributed by atoms with van der Waals surface area (Å²) in [7, 11) is 7.62. The van der Waals surface area contributed by atoms with Crippen LogP contribution in [0.4, 0.5) is 0 Å². The molecule has 1 aliphatic rings. The van der Waals surface area contributed by atoms with Gasteiger partial charge in [-0.1, -0.05) is 25.7 Å². The molecule has 1 fully saturated rings. The number of rotatable bonds is 4. The second kappa shape index (κ2) is 6.14. The number of aliphatic hydroxyl groups is 1. The molecule has 5 heteroatoms. The maximum absolute atomic E-state index is 11.1. The van der Waals surface area contributed by atoms with Gasteiger partial charge in [-0.05, 0) is 26.9 Å². The third kappa shape index (κ3) is 2.56. The molecule has 114 valence electrons. The van der Waals surface area contributed by atoms with E-state index >= 15 is 0 Å². The Morgan fingerprint density at radius 3 is 2.40 bits per heavy atom. The summed E-state index contributed by atoms with van der Waals surface area (Å²) in [6, 6.07) is 0. The Bertz CT molecular complexity index is 434. The van der Waals surface area contributed by atoms with Crippen LogP contribution in [0.3, 0.4) is 0 Å². The number of likely N-dealkylation sites (N-methyl/N-ethyl adjacent to an activating group) is 1. The van der Waals surface area contributed by atoms with E-state index in [9.17, 15) is 5.11 Å². The van der Waals surface area contributed by atoms with Gasteiger partial charge in [0, 0.05) is 7.05 Å². The first-order chi connectivity index (χ1) is 9.53. The molecule has 1 atom stereocenters. The van der Waals surface area contributed by atoms with Crippen LogP contribution in [0.15, 0.2) is 6.20 Å². The Morgan fingerprint density at radius 2 is 1.90 bits per heavy atom. The Labute approximate surface area is 121 Å². The second-order valence-corrected chi connectivity index (χ2v) is 6.04. The molecule has 1 saturated carbocycles. The highest BCUT2D eigenvalue weighted by molar-refractivity contribution is 5.29. The summed E-state index contributed by atoms with van der Waals surface area (Å²) >= 11 is 0. The molecular weight excluding hydrogens is 254 g/mol. The molecule has 5 nitrogen and oxygen atoms in total. The van der Waals surface area contributed by atoms with E-state index in [2.05, 4.69) is 24.1 Å². The van der Waals surface area contributed by atoms with Crippen molar-refractivity contribution in [2.45, 2.75) is 50.2 Å². The Kier molecular flexibility index (Phi) is 4.70. The van der Waals surface area contributed by atoms with E-state index in [-0.39, 0.29) is 5.54 Å². The summed E-state index contributed by atoms with van der Waals surface area (Å²) in [5.74, 6) is 0.672. The summed E-state index contributed by atoms with van der Waals surface area (Å²) in [5.41, 5.74) is 0.556. The van der Waals surface area contributed by atoms with Crippen molar-refractivity contribution in [1.29, 1.82) is 0 Å². The number of hydrogen-bond acceptors (Lipinski definition) is 4. The quantitative estimate of drug-likeness (QED) is 0.859. The molecule has 1 unspecified atom stereocenters. The zero-order valence-electron chi connectivity index (χ0n) is 13.1. The van der Waals surface area contributed by atoms with Gasteiger partial charge in [0.05, 0.1) is 18.8 Å². The highest BCUT2D eigenvalue weighted by atomic mass is 16.5. The number of hydrogen-bond donors (Lipinski definition) is 1. The zero-order valence-corrected chi connectivity index (χ0v) is 13.1. The molecular formula is C15H27N3O2. The molecule has 1 aromatic heterocycles. The molecule has 0 bridgehead atoms. The summed E-state index contributed by atoms with van der Waals surface area (Å²) in [4.78, 5) is 2.19. The van der Waals surface area contributed by atoms with Crippen LogP contribution >= 0.6 is 0 Å². The topological polar surface area (TPSA) is 50.5 Å². The first kappa shape index (κ1) is 15.3. The molecule has 1 aromatic rings. The first-order valence-corrected chi connectivity index (χ1v) is 7.44. The number of nitrogens with zero attached hydrogens (tertiary/aromatic N) is 3. The lowest BCUT2D eigenvalue weighted by molar-refractivity contribution is -0.0252. The van der Waals surface area contributed by atoms with Gasteiger partial charge in [0.25, 0.3) is 0 Å². The van der Waals surface area contributed by atoms with E-state index in [0.29, 0.717) is 5.75 Å². The predicted molar refractivity (Wildman–Crippen MR) is 78.8 cm³/mol. The molecule has 0 radical (unpaired) electrons. The van der Waals surface area contributed by atoms with Crippen molar-refractivity contribution in [3.8, 4) is 5.75 Å². The highest BCUT2D eigenvalue weighted by Gasteiger charge is 2.43. The summed E-state index contributed by atoms with van der Waals surface area (Å²) in [6.07, 6.45) is 7.95. The number of aliphatic hydroxyl groups excluding tert-OH is 1. The van der Waals surface area contributed by atoms with E-state index in [1.54, 1.807) is 18.0 Å². The third-order valence-corrected chi connectivity index (χ3v) is 4.80. The zero-order chi connectivity index (χ0) is 14.8. The summed E-state index contributed by atoms with van der Waals surface area (Å²) in [6.45, 7) is 0. The third-order valence-electron chi connectivity index (χ3n) is 4.80. The normalized spacial score (nSPS) is 20.7. The second-order valence-electron chi connectivity index (χ2n) is 6.04. The summed E-state index contributed by atoms with van der Waals surface area (Å²) < 4.78 is 7.11. The molecule has 0 aliphatic heterocycles. The monoisotopic (exact) mass is 281 g/mol. The Morgan fingerprint density at radius 1 is 1.30 bits per heavy atom. The Hall–Kier alpha value is -1.07. The molecule has 20 heavy (non-hydrogen) atoms. The van der Waals surface area contributed by atoms with Gasteiger partial charge in [-0.3, -0.25) is 4.68 Å². The van der Waals surface area contributed by atoms with Gasteiger partial charge in [0.2, 0.25) is 0 Å². The fourth-order valence-electron chi connectivity index (χ4n) is 3.46. The van der Waals surface area contributed by atoms with Crippen molar-refractivity contribution in [1.82, 2.24) is 14.7 Å². The van der Waals surface area contributed by atoms with Crippen molar-refractivity contribution in [2.75, 3.05) is 21.2 Å². The van der Waals surface area contributed by atoms with E-state index in [1.807, 2.05) is 7.05 Å². The smallest absolute Gasteiger partial charge is 0.162 e. The fourth-order valence-corrected chi connectivity index (χ4v) is 3.46. The van der Waals surface area contributed by atoms with E-state index in [4.69, 9.17) is 4.74 Å². The minimum absolute atomic E-state index is 0.225. The number of aryl methyl sites for hydroxylation is 1. The first-order valence-electron chi connectivity index (χ1n) is 7.44. The molecule has 2 rings (SSSR count).